The molecule has 0 saturated heterocycles. The minimum atomic E-state index is -0.950. The molecule has 0 saturated carbocycles. The molecule has 1 aromatic rings. The van der Waals surface area contributed by atoms with Gasteiger partial charge in [-0.1, -0.05) is 13.3 Å². The van der Waals surface area contributed by atoms with E-state index in [1.165, 1.54) is 6.08 Å². The van der Waals surface area contributed by atoms with Crippen molar-refractivity contribution in [2.75, 3.05) is 18.5 Å². The number of carboxylic acids is 1. The number of carbonyl (C=O) groups is 1. The summed E-state index contributed by atoms with van der Waals surface area (Å²) in [6.45, 7) is 3.13. The molecule has 0 atom stereocenters. The Hall–Kier alpha value is -1.84. The van der Waals surface area contributed by atoms with Gasteiger partial charge in [-0.05, 0) is 30.2 Å². The van der Waals surface area contributed by atoms with Gasteiger partial charge in [0.1, 0.15) is 5.82 Å². The first-order valence-corrected chi connectivity index (χ1v) is 5.71. The predicted octanol–water partition coefficient (Wildman–Crippen LogP) is 2.42. The van der Waals surface area contributed by atoms with E-state index in [4.69, 9.17) is 5.11 Å². The second-order valence-corrected chi connectivity index (χ2v) is 3.90. The van der Waals surface area contributed by atoms with Crippen LogP contribution in [0.1, 0.15) is 25.3 Å². The molecule has 92 valence electrons. The van der Waals surface area contributed by atoms with E-state index < -0.39 is 5.97 Å². The summed E-state index contributed by atoms with van der Waals surface area (Å²) in [5, 5.41) is 8.50. The van der Waals surface area contributed by atoms with Crippen LogP contribution >= 0.6 is 0 Å². The highest BCUT2D eigenvalue weighted by Crippen LogP contribution is 2.11. The lowest BCUT2D eigenvalue weighted by Gasteiger charge is -2.17. The lowest BCUT2D eigenvalue weighted by atomic mass is 10.2. The number of pyridine rings is 1. The van der Waals surface area contributed by atoms with Crippen LogP contribution in [0, 0.1) is 0 Å². The highest BCUT2D eigenvalue weighted by molar-refractivity contribution is 5.85. The molecule has 0 radical (unpaired) electrons. The largest absolute Gasteiger partial charge is 0.478 e. The predicted molar refractivity (Wildman–Crippen MR) is 69.1 cm³/mol. The maximum Gasteiger partial charge on any atom is 0.328 e. The number of aliphatic carboxylic acids is 1. The topological polar surface area (TPSA) is 53.4 Å². The summed E-state index contributed by atoms with van der Waals surface area (Å²) < 4.78 is 0. The number of nitrogens with zero attached hydrogens (tertiary/aromatic N) is 2. The van der Waals surface area contributed by atoms with E-state index in [9.17, 15) is 4.79 Å². The van der Waals surface area contributed by atoms with E-state index in [2.05, 4.69) is 16.8 Å². The summed E-state index contributed by atoms with van der Waals surface area (Å²) in [4.78, 5) is 16.7. The Balaban J connectivity index is 2.64. The Morgan fingerprint density at radius 1 is 1.53 bits per heavy atom. The van der Waals surface area contributed by atoms with Crippen molar-refractivity contribution in [1.29, 1.82) is 0 Å². The van der Waals surface area contributed by atoms with Crippen molar-refractivity contribution in [2.45, 2.75) is 19.8 Å². The fourth-order valence-corrected chi connectivity index (χ4v) is 1.40. The lowest BCUT2D eigenvalue weighted by Crippen LogP contribution is -2.19. The van der Waals surface area contributed by atoms with Crippen LogP contribution in [0.4, 0.5) is 5.82 Å². The van der Waals surface area contributed by atoms with Gasteiger partial charge in [-0.3, -0.25) is 0 Å². The monoisotopic (exact) mass is 234 g/mol. The van der Waals surface area contributed by atoms with Crippen molar-refractivity contribution >= 4 is 17.9 Å². The fourth-order valence-electron chi connectivity index (χ4n) is 1.40. The molecule has 1 aromatic heterocycles. The molecule has 1 N–H and O–H groups in total. The lowest BCUT2D eigenvalue weighted by molar-refractivity contribution is -0.131. The summed E-state index contributed by atoms with van der Waals surface area (Å²) in [6.07, 6.45) is 6.61. The molecule has 4 heteroatoms. The van der Waals surface area contributed by atoms with Gasteiger partial charge < -0.3 is 10.0 Å². The third kappa shape index (κ3) is 4.68. The van der Waals surface area contributed by atoms with Gasteiger partial charge in [0.2, 0.25) is 0 Å². The first kappa shape index (κ1) is 13.2. The van der Waals surface area contributed by atoms with E-state index in [1.807, 2.05) is 19.2 Å². The van der Waals surface area contributed by atoms with Gasteiger partial charge in [0, 0.05) is 25.9 Å². The molecule has 0 spiro atoms. The second kappa shape index (κ2) is 6.68. The summed E-state index contributed by atoms with van der Waals surface area (Å²) in [5.74, 6) is -0.0416. The Morgan fingerprint density at radius 2 is 2.29 bits per heavy atom. The van der Waals surface area contributed by atoms with Gasteiger partial charge in [0.25, 0.3) is 0 Å². The van der Waals surface area contributed by atoms with Crippen molar-refractivity contribution in [3.05, 3.63) is 30.0 Å². The number of carboxylic acid groups (broad SMARTS) is 1. The summed E-state index contributed by atoms with van der Waals surface area (Å²) in [7, 11) is 2.00. The number of rotatable bonds is 6. The average molecular weight is 234 g/mol. The number of unbranched alkanes of at least 4 members (excludes halogenated alkanes) is 1. The number of hydrogen-bond acceptors (Lipinski definition) is 3. The van der Waals surface area contributed by atoms with Crippen LogP contribution in [0.15, 0.2) is 24.4 Å². The smallest absolute Gasteiger partial charge is 0.328 e. The summed E-state index contributed by atoms with van der Waals surface area (Å²) in [5.41, 5.74) is 0.792. The van der Waals surface area contributed by atoms with Crippen molar-refractivity contribution in [3.63, 3.8) is 0 Å². The van der Waals surface area contributed by atoms with E-state index in [0.717, 1.165) is 36.8 Å². The third-order valence-electron chi connectivity index (χ3n) is 2.43. The molecular weight excluding hydrogens is 216 g/mol. The standard InChI is InChI=1S/C13H18N2O2/c1-3-4-9-15(2)12-7-5-11(10-14-12)6-8-13(16)17/h5-8,10H,3-4,9H2,1-2H3,(H,16,17)/b8-6+. The maximum atomic E-state index is 10.4. The third-order valence-corrected chi connectivity index (χ3v) is 2.43. The SMILES string of the molecule is CCCCN(C)c1ccc(/C=C/C(=O)O)cn1. The zero-order valence-electron chi connectivity index (χ0n) is 10.3. The molecule has 0 unspecified atom stereocenters. The van der Waals surface area contributed by atoms with Gasteiger partial charge in [-0.25, -0.2) is 9.78 Å². The van der Waals surface area contributed by atoms with Crippen LogP contribution in [0.5, 0.6) is 0 Å². The van der Waals surface area contributed by atoms with Crippen LogP contribution in [-0.2, 0) is 4.79 Å². The van der Waals surface area contributed by atoms with Crippen molar-refractivity contribution in [3.8, 4) is 0 Å². The number of hydrogen-bond donors (Lipinski definition) is 1. The molecule has 0 fully saturated rings. The van der Waals surface area contributed by atoms with Crippen molar-refractivity contribution in [2.24, 2.45) is 0 Å². The van der Waals surface area contributed by atoms with Crippen molar-refractivity contribution < 1.29 is 9.90 Å². The molecule has 0 amide bonds. The molecule has 0 aliphatic rings. The van der Waals surface area contributed by atoms with E-state index in [1.54, 1.807) is 6.20 Å². The van der Waals surface area contributed by atoms with E-state index >= 15 is 0 Å². The zero-order chi connectivity index (χ0) is 12.7. The average Bonchev–Trinajstić information content (AvgIpc) is 2.34. The van der Waals surface area contributed by atoms with E-state index in [0.29, 0.717) is 0 Å². The normalized spacial score (nSPS) is 10.7. The fraction of sp³-hybridized carbons (Fsp3) is 0.385. The molecule has 0 aliphatic carbocycles. The van der Waals surface area contributed by atoms with Gasteiger partial charge in [-0.15, -0.1) is 0 Å². The van der Waals surface area contributed by atoms with Crippen LogP contribution in [0.25, 0.3) is 6.08 Å². The van der Waals surface area contributed by atoms with E-state index in [-0.39, 0.29) is 0 Å². The first-order valence-electron chi connectivity index (χ1n) is 5.71. The first-order chi connectivity index (χ1) is 8.13. The Labute approximate surface area is 102 Å². The maximum absolute atomic E-state index is 10.4. The minimum absolute atomic E-state index is 0.792. The Bertz CT molecular complexity index is 385. The molecule has 1 heterocycles. The second-order valence-electron chi connectivity index (χ2n) is 3.90. The molecule has 17 heavy (non-hydrogen) atoms. The number of aromatic nitrogens is 1. The molecule has 4 nitrogen and oxygen atoms in total. The van der Waals surface area contributed by atoms with Crippen LogP contribution in [0.2, 0.25) is 0 Å². The zero-order valence-corrected chi connectivity index (χ0v) is 10.3. The Morgan fingerprint density at radius 3 is 2.82 bits per heavy atom. The Kier molecular flexibility index (Phi) is 5.20. The molecular formula is C13H18N2O2. The highest BCUT2D eigenvalue weighted by Gasteiger charge is 2.00. The van der Waals surface area contributed by atoms with Gasteiger partial charge >= 0.3 is 5.97 Å². The van der Waals surface area contributed by atoms with Gasteiger partial charge in [0.15, 0.2) is 0 Å². The van der Waals surface area contributed by atoms with Crippen LogP contribution < -0.4 is 4.90 Å². The highest BCUT2D eigenvalue weighted by atomic mass is 16.4. The molecule has 0 aliphatic heterocycles. The van der Waals surface area contributed by atoms with Gasteiger partial charge in [0.05, 0.1) is 0 Å². The molecule has 1 rings (SSSR count). The molecule has 0 bridgehead atoms. The van der Waals surface area contributed by atoms with Crippen LogP contribution in [-0.4, -0.2) is 29.7 Å². The number of anilines is 1. The summed E-state index contributed by atoms with van der Waals surface area (Å²) >= 11 is 0. The quantitative estimate of drug-likeness (QED) is 0.768. The van der Waals surface area contributed by atoms with Gasteiger partial charge in [-0.2, -0.15) is 0 Å². The van der Waals surface area contributed by atoms with Crippen LogP contribution in [0.3, 0.4) is 0 Å². The van der Waals surface area contributed by atoms with Crippen molar-refractivity contribution in [1.82, 2.24) is 4.98 Å². The minimum Gasteiger partial charge on any atom is -0.478 e. The summed E-state index contributed by atoms with van der Waals surface area (Å²) in [6, 6.07) is 3.77. The molecule has 0 aromatic carbocycles.